The molecule has 4 nitrogen and oxygen atoms in total. The van der Waals surface area contributed by atoms with Crippen LogP contribution in [0.15, 0.2) is 29.6 Å². The molecule has 0 aliphatic carbocycles. The molecule has 19 heavy (non-hydrogen) atoms. The molecule has 0 amide bonds. The number of thiazole rings is 1. The summed E-state index contributed by atoms with van der Waals surface area (Å²) in [7, 11) is 2.05. The van der Waals surface area contributed by atoms with Gasteiger partial charge < -0.3 is 5.73 Å². The third kappa shape index (κ3) is 3.62. The minimum Gasteiger partial charge on any atom is -0.384 e. The number of nitrogens with one attached hydrogen (secondary N) is 1. The lowest BCUT2D eigenvalue weighted by Crippen LogP contribution is -2.21. The van der Waals surface area contributed by atoms with Crippen molar-refractivity contribution in [1.29, 1.82) is 5.41 Å². The first-order valence-corrected chi connectivity index (χ1v) is 6.96. The van der Waals surface area contributed by atoms with Crippen molar-refractivity contribution in [1.82, 2.24) is 9.88 Å². The van der Waals surface area contributed by atoms with E-state index in [9.17, 15) is 0 Å². The van der Waals surface area contributed by atoms with Crippen molar-refractivity contribution >= 4 is 17.2 Å². The summed E-state index contributed by atoms with van der Waals surface area (Å²) < 4.78 is 0. The van der Waals surface area contributed by atoms with E-state index in [0.29, 0.717) is 0 Å². The molecule has 0 radical (unpaired) electrons. The number of rotatable bonds is 5. The molecule has 0 atom stereocenters. The van der Waals surface area contributed by atoms with E-state index in [1.165, 1.54) is 0 Å². The van der Waals surface area contributed by atoms with Crippen LogP contribution in [0.2, 0.25) is 0 Å². The van der Waals surface area contributed by atoms with E-state index in [4.69, 9.17) is 11.1 Å². The van der Waals surface area contributed by atoms with Crippen molar-refractivity contribution in [2.24, 2.45) is 5.73 Å². The van der Waals surface area contributed by atoms with Crippen LogP contribution >= 0.6 is 11.3 Å². The van der Waals surface area contributed by atoms with Gasteiger partial charge in [-0.1, -0.05) is 24.3 Å². The van der Waals surface area contributed by atoms with Crippen molar-refractivity contribution in [3.63, 3.8) is 0 Å². The first-order chi connectivity index (χ1) is 9.06. The standard InChI is InChI=1S/C14H18N4S/c1-10-17-12(9-19-10)8-18(2)7-11-5-3-4-6-13(11)14(15)16/h3-6,9H,7-8H2,1-2H3,(H3,15,16). The molecule has 0 aliphatic rings. The van der Waals surface area contributed by atoms with Gasteiger partial charge in [-0.3, -0.25) is 10.3 Å². The van der Waals surface area contributed by atoms with E-state index < -0.39 is 0 Å². The van der Waals surface area contributed by atoms with Crippen molar-refractivity contribution in [2.75, 3.05) is 7.05 Å². The Morgan fingerprint density at radius 1 is 1.37 bits per heavy atom. The highest BCUT2D eigenvalue weighted by molar-refractivity contribution is 7.09. The van der Waals surface area contributed by atoms with E-state index in [0.717, 1.165) is 34.9 Å². The van der Waals surface area contributed by atoms with Gasteiger partial charge in [0.15, 0.2) is 0 Å². The maximum atomic E-state index is 7.59. The molecule has 0 fully saturated rings. The number of nitrogens with zero attached hydrogens (tertiary/aromatic N) is 2. The molecule has 1 heterocycles. The normalized spacial score (nSPS) is 10.9. The highest BCUT2D eigenvalue weighted by Gasteiger charge is 2.09. The number of hydrogen-bond donors (Lipinski definition) is 2. The van der Waals surface area contributed by atoms with E-state index in [1.807, 2.05) is 38.2 Å². The van der Waals surface area contributed by atoms with Gasteiger partial charge in [0, 0.05) is 24.0 Å². The van der Waals surface area contributed by atoms with E-state index >= 15 is 0 Å². The summed E-state index contributed by atoms with van der Waals surface area (Å²) in [4.78, 5) is 6.64. The first kappa shape index (κ1) is 13.7. The number of nitrogen functional groups attached to an aromatic ring is 1. The Morgan fingerprint density at radius 2 is 2.11 bits per heavy atom. The van der Waals surface area contributed by atoms with Crippen LogP contribution in [0.3, 0.4) is 0 Å². The van der Waals surface area contributed by atoms with Gasteiger partial charge in [0.25, 0.3) is 0 Å². The largest absolute Gasteiger partial charge is 0.384 e. The average molecular weight is 274 g/mol. The van der Waals surface area contributed by atoms with Gasteiger partial charge in [0.1, 0.15) is 5.84 Å². The fourth-order valence-corrected chi connectivity index (χ4v) is 2.63. The zero-order chi connectivity index (χ0) is 13.8. The minimum atomic E-state index is 0.119. The van der Waals surface area contributed by atoms with E-state index in [1.54, 1.807) is 11.3 Å². The van der Waals surface area contributed by atoms with Crippen LogP contribution in [0.4, 0.5) is 0 Å². The molecule has 0 saturated carbocycles. The summed E-state index contributed by atoms with van der Waals surface area (Å²) in [5.41, 5.74) is 8.57. The lowest BCUT2D eigenvalue weighted by molar-refractivity contribution is 0.315. The maximum absolute atomic E-state index is 7.59. The van der Waals surface area contributed by atoms with Crippen molar-refractivity contribution in [3.05, 3.63) is 51.5 Å². The van der Waals surface area contributed by atoms with Crippen LogP contribution in [-0.4, -0.2) is 22.8 Å². The third-order valence-electron chi connectivity index (χ3n) is 2.85. The van der Waals surface area contributed by atoms with Crippen LogP contribution in [0, 0.1) is 12.3 Å². The van der Waals surface area contributed by atoms with Gasteiger partial charge in [-0.2, -0.15) is 0 Å². The monoisotopic (exact) mass is 274 g/mol. The Labute approximate surface area is 117 Å². The molecule has 2 rings (SSSR count). The van der Waals surface area contributed by atoms with Crippen LogP contribution in [0.1, 0.15) is 21.8 Å². The van der Waals surface area contributed by atoms with Crippen molar-refractivity contribution in [3.8, 4) is 0 Å². The summed E-state index contributed by atoms with van der Waals surface area (Å²) >= 11 is 1.67. The second-order valence-electron chi connectivity index (χ2n) is 4.60. The molecule has 5 heteroatoms. The smallest absolute Gasteiger partial charge is 0.123 e. The van der Waals surface area contributed by atoms with E-state index in [-0.39, 0.29) is 5.84 Å². The van der Waals surface area contributed by atoms with Crippen molar-refractivity contribution < 1.29 is 0 Å². The minimum absolute atomic E-state index is 0.119. The van der Waals surface area contributed by atoms with Gasteiger partial charge in [-0.25, -0.2) is 4.98 Å². The quantitative estimate of drug-likeness (QED) is 0.650. The van der Waals surface area contributed by atoms with Crippen LogP contribution in [0.25, 0.3) is 0 Å². The number of aromatic nitrogens is 1. The van der Waals surface area contributed by atoms with Crippen LogP contribution in [-0.2, 0) is 13.1 Å². The number of benzene rings is 1. The Morgan fingerprint density at radius 3 is 2.74 bits per heavy atom. The zero-order valence-corrected chi connectivity index (χ0v) is 12.0. The average Bonchev–Trinajstić information content (AvgIpc) is 2.75. The number of hydrogen-bond acceptors (Lipinski definition) is 4. The number of nitrogens with two attached hydrogens (primary N) is 1. The third-order valence-corrected chi connectivity index (χ3v) is 3.67. The molecule has 0 bridgehead atoms. The summed E-state index contributed by atoms with van der Waals surface area (Å²) in [6.45, 7) is 3.57. The van der Waals surface area contributed by atoms with Crippen molar-refractivity contribution in [2.45, 2.75) is 20.0 Å². The Hall–Kier alpha value is -1.72. The molecular formula is C14H18N4S. The van der Waals surface area contributed by atoms with E-state index in [2.05, 4.69) is 15.3 Å². The van der Waals surface area contributed by atoms with Gasteiger partial charge in [-0.05, 0) is 19.5 Å². The Balaban J connectivity index is 2.06. The van der Waals surface area contributed by atoms with Gasteiger partial charge in [-0.15, -0.1) is 11.3 Å². The zero-order valence-electron chi connectivity index (χ0n) is 11.2. The summed E-state index contributed by atoms with van der Waals surface area (Å²) in [6.07, 6.45) is 0. The molecule has 1 aromatic carbocycles. The lowest BCUT2D eigenvalue weighted by Gasteiger charge is -2.17. The SMILES string of the molecule is Cc1nc(CN(C)Cc2ccccc2C(=N)N)cs1. The van der Waals surface area contributed by atoms with Gasteiger partial charge in [0.05, 0.1) is 10.7 Å². The molecule has 100 valence electrons. The predicted molar refractivity (Wildman–Crippen MR) is 79.5 cm³/mol. The maximum Gasteiger partial charge on any atom is 0.123 e. The lowest BCUT2D eigenvalue weighted by atomic mass is 10.1. The summed E-state index contributed by atoms with van der Waals surface area (Å²) in [5, 5.41) is 10.8. The second-order valence-corrected chi connectivity index (χ2v) is 5.66. The fraction of sp³-hybridized carbons (Fsp3) is 0.286. The predicted octanol–water partition coefficient (Wildman–Crippen LogP) is 2.37. The fourth-order valence-electron chi connectivity index (χ4n) is 2.03. The second kappa shape index (κ2) is 5.95. The highest BCUT2D eigenvalue weighted by Crippen LogP contribution is 2.14. The number of aryl methyl sites for hydroxylation is 1. The molecule has 0 aliphatic heterocycles. The number of amidine groups is 1. The Bertz CT molecular complexity index is 576. The molecule has 2 aromatic rings. The Kier molecular flexibility index (Phi) is 4.29. The molecule has 0 saturated heterocycles. The van der Waals surface area contributed by atoms with Crippen LogP contribution in [0.5, 0.6) is 0 Å². The van der Waals surface area contributed by atoms with Gasteiger partial charge in [0.2, 0.25) is 0 Å². The summed E-state index contributed by atoms with van der Waals surface area (Å²) in [6, 6.07) is 7.78. The van der Waals surface area contributed by atoms with Crippen LogP contribution < -0.4 is 5.73 Å². The topological polar surface area (TPSA) is 66.0 Å². The molecule has 0 spiro atoms. The first-order valence-electron chi connectivity index (χ1n) is 6.08. The molecule has 0 unspecified atom stereocenters. The van der Waals surface area contributed by atoms with Gasteiger partial charge >= 0.3 is 0 Å². The highest BCUT2D eigenvalue weighted by atomic mass is 32.1. The summed E-state index contributed by atoms with van der Waals surface area (Å²) in [5.74, 6) is 0.119. The molecule has 1 aromatic heterocycles. The molecular weight excluding hydrogens is 256 g/mol. The molecule has 3 N–H and O–H groups in total.